The average molecular weight is 228 g/mol. The molecule has 1 aromatic carbocycles. The highest BCUT2D eigenvalue weighted by atomic mass is 19.1. The Morgan fingerprint density at radius 2 is 2.12 bits per heavy atom. The van der Waals surface area contributed by atoms with E-state index >= 15 is 0 Å². The lowest BCUT2D eigenvalue weighted by Gasteiger charge is -2.05. The van der Waals surface area contributed by atoms with Gasteiger partial charge in [-0.25, -0.2) is 4.39 Å². The van der Waals surface area contributed by atoms with Crippen molar-refractivity contribution in [1.82, 2.24) is 4.57 Å². The van der Waals surface area contributed by atoms with Gasteiger partial charge in [-0.3, -0.25) is 4.79 Å². The summed E-state index contributed by atoms with van der Waals surface area (Å²) in [6.45, 7) is 0.256. The first-order valence-corrected chi connectivity index (χ1v) is 5.04. The number of pyridine rings is 1. The zero-order valence-corrected chi connectivity index (χ0v) is 8.93. The van der Waals surface area contributed by atoms with Gasteiger partial charge < -0.3 is 4.57 Å². The SMILES string of the molecule is N#Cc1ccc(=O)n(Cc2cccc(F)c2)c1. The molecule has 1 heterocycles. The summed E-state index contributed by atoms with van der Waals surface area (Å²) in [5.74, 6) is -0.341. The van der Waals surface area contributed by atoms with E-state index in [1.807, 2.05) is 6.07 Å². The molecule has 1 aromatic heterocycles. The third kappa shape index (κ3) is 2.58. The topological polar surface area (TPSA) is 45.8 Å². The van der Waals surface area contributed by atoms with Gasteiger partial charge in [0.25, 0.3) is 5.56 Å². The van der Waals surface area contributed by atoms with E-state index in [0.29, 0.717) is 11.1 Å². The number of nitrogens with zero attached hydrogens (tertiary/aromatic N) is 2. The van der Waals surface area contributed by atoms with Crippen molar-refractivity contribution < 1.29 is 4.39 Å². The molecule has 0 aliphatic rings. The van der Waals surface area contributed by atoms with Gasteiger partial charge >= 0.3 is 0 Å². The number of halogens is 1. The fourth-order valence-corrected chi connectivity index (χ4v) is 1.55. The Labute approximate surface area is 97.4 Å². The Morgan fingerprint density at radius 3 is 2.82 bits per heavy atom. The van der Waals surface area contributed by atoms with Crippen LogP contribution in [0.15, 0.2) is 47.4 Å². The molecule has 0 N–H and O–H groups in total. The minimum absolute atomic E-state index is 0.215. The highest BCUT2D eigenvalue weighted by Gasteiger charge is 2.00. The lowest BCUT2D eigenvalue weighted by Crippen LogP contribution is -2.19. The Hall–Kier alpha value is -2.41. The van der Waals surface area contributed by atoms with Gasteiger partial charge in [0.15, 0.2) is 0 Å². The Kier molecular flexibility index (Phi) is 3.01. The molecule has 2 rings (SSSR count). The molecule has 0 unspecified atom stereocenters. The van der Waals surface area contributed by atoms with Crippen LogP contribution < -0.4 is 5.56 Å². The molecule has 0 fully saturated rings. The number of hydrogen-bond donors (Lipinski definition) is 0. The van der Waals surface area contributed by atoms with E-state index < -0.39 is 0 Å². The smallest absolute Gasteiger partial charge is 0.250 e. The summed E-state index contributed by atoms with van der Waals surface area (Å²) in [5.41, 5.74) is 0.872. The zero-order valence-electron chi connectivity index (χ0n) is 8.93. The van der Waals surface area contributed by atoms with Crippen LogP contribution in [0.5, 0.6) is 0 Å². The van der Waals surface area contributed by atoms with Crippen LogP contribution >= 0.6 is 0 Å². The number of aromatic nitrogens is 1. The van der Waals surface area contributed by atoms with Crippen LogP contribution in [0.4, 0.5) is 4.39 Å². The molecule has 0 saturated heterocycles. The van der Waals surface area contributed by atoms with Crippen molar-refractivity contribution >= 4 is 0 Å². The lowest BCUT2D eigenvalue weighted by atomic mass is 10.2. The quantitative estimate of drug-likeness (QED) is 0.788. The van der Waals surface area contributed by atoms with E-state index in [2.05, 4.69) is 0 Å². The first-order valence-electron chi connectivity index (χ1n) is 5.04. The summed E-state index contributed by atoms with van der Waals surface area (Å²) < 4.78 is 14.4. The summed E-state index contributed by atoms with van der Waals surface area (Å²) in [6.07, 6.45) is 1.47. The summed E-state index contributed by atoms with van der Waals surface area (Å²) in [6, 6.07) is 10.8. The van der Waals surface area contributed by atoms with Gasteiger partial charge in [0.2, 0.25) is 0 Å². The van der Waals surface area contributed by atoms with Gasteiger partial charge in [-0.1, -0.05) is 12.1 Å². The normalized spacial score (nSPS) is 9.88. The van der Waals surface area contributed by atoms with Crippen molar-refractivity contribution in [2.75, 3.05) is 0 Å². The average Bonchev–Trinajstić information content (AvgIpc) is 2.32. The molecule has 2 aromatic rings. The van der Waals surface area contributed by atoms with Crippen LogP contribution in [0.2, 0.25) is 0 Å². The predicted molar refractivity (Wildman–Crippen MR) is 60.9 cm³/mol. The van der Waals surface area contributed by atoms with E-state index in [0.717, 1.165) is 0 Å². The van der Waals surface area contributed by atoms with E-state index in [1.165, 1.54) is 35.0 Å². The van der Waals surface area contributed by atoms with Crippen molar-refractivity contribution in [3.8, 4) is 6.07 Å². The molecular weight excluding hydrogens is 219 g/mol. The summed E-state index contributed by atoms with van der Waals surface area (Å²) >= 11 is 0. The minimum Gasteiger partial charge on any atom is -0.310 e. The van der Waals surface area contributed by atoms with Crippen LogP contribution in [0.25, 0.3) is 0 Å². The number of benzene rings is 1. The first kappa shape index (κ1) is 11.1. The Balaban J connectivity index is 2.36. The zero-order chi connectivity index (χ0) is 12.3. The largest absolute Gasteiger partial charge is 0.310 e. The highest BCUT2D eigenvalue weighted by molar-refractivity contribution is 5.25. The van der Waals surface area contributed by atoms with Gasteiger partial charge in [0, 0.05) is 12.3 Å². The van der Waals surface area contributed by atoms with Crippen LogP contribution in [0.3, 0.4) is 0 Å². The molecular formula is C13H9FN2O. The summed E-state index contributed by atoms with van der Waals surface area (Å²) in [5, 5.41) is 8.74. The van der Waals surface area contributed by atoms with Gasteiger partial charge in [-0.05, 0) is 23.8 Å². The molecule has 0 aliphatic heterocycles. The lowest BCUT2D eigenvalue weighted by molar-refractivity contribution is 0.622. The molecule has 84 valence electrons. The number of hydrogen-bond acceptors (Lipinski definition) is 2. The van der Waals surface area contributed by atoms with Crippen molar-refractivity contribution in [2.45, 2.75) is 6.54 Å². The van der Waals surface area contributed by atoms with Crippen LogP contribution in [0, 0.1) is 17.1 Å². The minimum atomic E-state index is -0.341. The fourth-order valence-electron chi connectivity index (χ4n) is 1.55. The van der Waals surface area contributed by atoms with Crippen molar-refractivity contribution in [1.29, 1.82) is 5.26 Å². The standard InChI is InChI=1S/C13H9FN2O/c14-12-3-1-2-10(6-12)8-16-9-11(7-15)4-5-13(16)17/h1-6,9H,8H2. The predicted octanol–water partition coefficient (Wildman–Crippen LogP) is 1.91. The third-order valence-corrected chi connectivity index (χ3v) is 2.35. The van der Waals surface area contributed by atoms with Gasteiger partial charge in [-0.2, -0.15) is 5.26 Å². The second-order valence-corrected chi connectivity index (χ2v) is 3.63. The molecule has 4 heteroatoms. The van der Waals surface area contributed by atoms with Gasteiger partial charge in [0.05, 0.1) is 12.1 Å². The second kappa shape index (κ2) is 4.62. The molecule has 0 bridgehead atoms. The van der Waals surface area contributed by atoms with Gasteiger partial charge in [0.1, 0.15) is 11.9 Å². The van der Waals surface area contributed by atoms with E-state index in [4.69, 9.17) is 5.26 Å². The molecule has 0 spiro atoms. The van der Waals surface area contributed by atoms with Gasteiger partial charge in [-0.15, -0.1) is 0 Å². The molecule has 3 nitrogen and oxygen atoms in total. The third-order valence-electron chi connectivity index (χ3n) is 2.35. The first-order chi connectivity index (χ1) is 8.19. The second-order valence-electron chi connectivity index (χ2n) is 3.63. The number of nitriles is 1. The monoisotopic (exact) mass is 228 g/mol. The molecule has 0 aliphatic carbocycles. The molecule has 0 atom stereocenters. The van der Waals surface area contributed by atoms with E-state index in [9.17, 15) is 9.18 Å². The number of rotatable bonds is 2. The van der Waals surface area contributed by atoms with E-state index in [-0.39, 0.29) is 17.9 Å². The van der Waals surface area contributed by atoms with Crippen LogP contribution in [-0.4, -0.2) is 4.57 Å². The van der Waals surface area contributed by atoms with Crippen molar-refractivity contribution in [2.24, 2.45) is 0 Å². The maximum atomic E-state index is 13.0. The van der Waals surface area contributed by atoms with Crippen molar-refractivity contribution in [3.05, 3.63) is 69.9 Å². The Bertz CT molecular complexity index is 640. The molecule has 0 amide bonds. The van der Waals surface area contributed by atoms with Crippen molar-refractivity contribution in [3.63, 3.8) is 0 Å². The summed E-state index contributed by atoms with van der Waals surface area (Å²) in [7, 11) is 0. The van der Waals surface area contributed by atoms with E-state index in [1.54, 1.807) is 12.1 Å². The highest BCUT2D eigenvalue weighted by Crippen LogP contribution is 2.05. The summed E-state index contributed by atoms with van der Waals surface area (Å²) in [4.78, 5) is 11.5. The maximum Gasteiger partial charge on any atom is 0.250 e. The van der Waals surface area contributed by atoms with Crippen LogP contribution in [-0.2, 0) is 6.54 Å². The molecule has 17 heavy (non-hydrogen) atoms. The Morgan fingerprint density at radius 1 is 1.29 bits per heavy atom. The molecule has 0 radical (unpaired) electrons. The fraction of sp³-hybridized carbons (Fsp3) is 0.0769. The molecule has 0 saturated carbocycles. The van der Waals surface area contributed by atoms with Crippen LogP contribution in [0.1, 0.15) is 11.1 Å². The maximum absolute atomic E-state index is 13.0.